The van der Waals surface area contributed by atoms with Crippen molar-refractivity contribution < 1.29 is 23.1 Å². The van der Waals surface area contributed by atoms with Crippen molar-refractivity contribution in [3.63, 3.8) is 0 Å². The zero-order valence-electron chi connectivity index (χ0n) is 12.5. The maximum atomic E-state index is 13.2. The lowest BCUT2D eigenvalue weighted by atomic mass is 10.1. The van der Waals surface area contributed by atoms with E-state index in [9.17, 15) is 18.4 Å². The van der Waals surface area contributed by atoms with E-state index >= 15 is 0 Å². The Morgan fingerprint density at radius 2 is 1.88 bits per heavy atom. The molecule has 2 aromatic carbocycles. The highest BCUT2D eigenvalue weighted by molar-refractivity contribution is 6.02. The molecule has 1 aliphatic heterocycles. The van der Waals surface area contributed by atoms with Gasteiger partial charge in [0.05, 0.1) is 0 Å². The van der Waals surface area contributed by atoms with Gasteiger partial charge in [-0.25, -0.2) is 18.5 Å². The zero-order valence-corrected chi connectivity index (χ0v) is 12.5. The molecule has 1 saturated heterocycles. The predicted octanol–water partition coefficient (Wildman–Crippen LogP) is 3.70. The Morgan fingerprint density at radius 1 is 1.12 bits per heavy atom. The summed E-state index contributed by atoms with van der Waals surface area (Å²) in [4.78, 5) is 25.2. The maximum Gasteiger partial charge on any atom is 0.417 e. The Morgan fingerprint density at radius 3 is 2.58 bits per heavy atom. The maximum absolute atomic E-state index is 13.2. The molecule has 0 radical (unpaired) electrons. The Labute approximate surface area is 137 Å². The summed E-state index contributed by atoms with van der Waals surface area (Å²) in [6.07, 6.45) is 1.72. The predicted molar refractivity (Wildman–Crippen MR) is 82.8 cm³/mol. The number of carbonyl (C=O) groups excluding carboxylic acids is 2. The van der Waals surface area contributed by atoms with Gasteiger partial charge in [0.2, 0.25) is 0 Å². The number of benzene rings is 2. The summed E-state index contributed by atoms with van der Waals surface area (Å²) in [5.74, 6) is -2.56. The lowest BCUT2D eigenvalue weighted by molar-refractivity contribution is -0.124. The van der Waals surface area contributed by atoms with Gasteiger partial charge in [0.1, 0.15) is 12.6 Å². The number of amides is 2. The van der Waals surface area contributed by atoms with Gasteiger partial charge in [0.15, 0.2) is 11.6 Å². The van der Waals surface area contributed by atoms with Gasteiger partial charge in [0, 0.05) is 6.08 Å². The molecule has 2 aromatic rings. The molecular weight excluding hydrogens is 316 g/mol. The second-order valence-corrected chi connectivity index (χ2v) is 5.22. The molecule has 1 atom stereocenters. The Hall–Kier alpha value is -3.02. The summed E-state index contributed by atoms with van der Waals surface area (Å²) >= 11 is 0. The third-order valence-corrected chi connectivity index (χ3v) is 3.66. The average Bonchev–Trinajstić information content (AvgIpc) is 2.98. The Kier molecular flexibility index (Phi) is 4.37. The molecular formula is C18H13F2NO3. The quantitative estimate of drug-likeness (QED) is 0.807. The Balaban J connectivity index is 1.80. The van der Waals surface area contributed by atoms with Crippen LogP contribution in [0.4, 0.5) is 13.6 Å². The number of hydrogen-bond acceptors (Lipinski definition) is 3. The first-order chi connectivity index (χ1) is 11.6. The van der Waals surface area contributed by atoms with E-state index in [-0.39, 0.29) is 6.61 Å². The van der Waals surface area contributed by atoms with Gasteiger partial charge in [0.25, 0.3) is 5.91 Å². The van der Waals surface area contributed by atoms with Crippen LogP contribution in [-0.2, 0) is 9.53 Å². The molecule has 1 aliphatic rings. The van der Waals surface area contributed by atoms with Crippen LogP contribution in [0.2, 0.25) is 0 Å². The molecule has 0 aromatic heterocycles. The first-order valence-corrected chi connectivity index (χ1v) is 7.24. The molecule has 1 heterocycles. The summed E-state index contributed by atoms with van der Waals surface area (Å²) in [6, 6.07) is 11.8. The van der Waals surface area contributed by atoms with E-state index in [2.05, 4.69) is 0 Å². The van der Waals surface area contributed by atoms with Crippen LogP contribution in [0.1, 0.15) is 17.2 Å². The van der Waals surface area contributed by atoms with Crippen molar-refractivity contribution >= 4 is 18.1 Å². The molecule has 0 aliphatic carbocycles. The number of halogens is 2. The van der Waals surface area contributed by atoms with Gasteiger partial charge in [-0.15, -0.1) is 0 Å². The first-order valence-electron chi connectivity index (χ1n) is 7.24. The highest BCUT2D eigenvalue weighted by Crippen LogP contribution is 2.28. The van der Waals surface area contributed by atoms with E-state index in [0.717, 1.165) is 28.7 Å². The fourth-order valence-corrected chi connectivity index (χ4v) is 2.45. The number of carbonyl (C=O) groups is 2. The van der Waals surface area contributed by atoms with Crippen molar-refractivity contribution in [1.82, 2.24) is 4.90 Å². The molecule has 3 rings (SSSR count). The zero-order chi connectivity index (χ0) is 17.1. The van der Waals surface area contributed by atoms with Crippen molar-refractivity contribution in [1.29, 1.82) is 0 Å². The number of ether oxygens (including phenoxy) is 1. The fourth-order valence-electron chi connectivity index (χ4n) is 2.45. The molecule has 24 heavy (non-hydrogen) atoms. The van der Waals surface area contributed by atoms with Crippen LogP contribution in [-0.4, -0.2) is 23.5 Å². The van der Waals surface area contributed by atoms with Crippen molar-refractivity contribution in [3.05, 3.63) is 77.4 Å². The molecule has 122 valence electrons. The largest absolute Gasteiger partial charge is 0.446 e. The van der Waals surface area contributed by atoms with Gasteiger partial charge in [-0.05, 0) is 29.3 Å². The number of nitrogens with zero attached hydrogens (tertiary/aromatic N) is 1. The van der Waals surface area contributed by atoms with Gasteiger partial charge in [-0.1, -0.05) is 36.4 Å². The lowest BCUT2D eigenvalue weighted by Crippen LogP contribution is -2.32. The molecule has 2 amide bonds. The number of imide groups is 1. The van der Waals surface area contributed by atoms with Gasteiger partial charge in [-0.2, -0.15) is 0 Å². The van der Waals surface area contributed by atoms with Gasteiger partial charge < -0.3 is 4.74 Å². The van der Waals surface area contributed by atoms with Crippen LogP contribution < -0.4 is 0 Å². The minimum Gasteiger partial charge on any atom is -0.446 e. The fraction of sp³-hybridized carbons (Fsp3) is 0.111. The van der Waals surface area contributed by atoms with Crippen LogP contribution in [0, 0.1) is 11.6 Å². The molecule has 0 spiro atoms. The van der Waals surface area contributed by atoms with E-state index in [4.69, 9.17) is 4.74 Å². The normalized spacial score (nSPS) is 17.3. The summed E-state index contributed by atoms with van der Waals surface area (Å²) in [5.41, 5.74) is 1.09. The summed E-state index contributed by atoms with van der Waals surface area (Å²) in [5, 5.41) is 0. The van der Waals surface area contributed by atoms with Crippen molar-refractivity contribution in [2.75, 3.05) is 6.61 Å². The molecule has 0 bridgehead atoms. The van der Waals surface area contributed by atoms with Crippen molar-refractivity contribution in [2.45, 2.75) is 6.04 Å². The van der Waals surface area contributed by atoms with E-state index in [1.807, 2.05) is 6.07 Å². The number of rotatable bonds is 3. The van der Waals surface area contributed by atoms with Crippen LogP contribution in [0.15, 0.2) is 54.6 Å². The molecule has 0 saturated carbocycles. The van der Waals surface area contributed by atoms with E-state index in [1.54, 1.807) is 24.3 Å². The SMILES string of the molecule is O=C(/C=C/c1ccc(F)c(F)c1)N1C(=O)OC[C@H]1c1ccccc1. The summed E-state index contributed by atoms with van der Waals surface area (Å²) in [7, 11) is 0. The minimum atomic E-state index is -1.01. The Bertz CT molecular complexity index is 805. The van der Waals surface area contributed by atoms with Gasteiger partial charge in [-0.3, -0.25) is 4.79 Å². The van der Waals surface area contributed by atoms with Crippen LogP contribution in [0.25, 0.3) is 6.08 Å². The third kappa shape index (κ3) is 3.17. The second kappa shape index (κ2) is 6.62. The molecule has 0 N–H and O–H groups in total. The monoisotopic (exact) mass is 329 g/mol. The summed E-state index contributed by atoms with van der Waals surface area (Å²) in [6.45, 7) is 0.0770. The van der Waals surface area contributed by atoms with E-state index in [0.29, 0.717) is 5.56 Å². The lowest BCUT2D eigenvalue weighted by Gasteiger charge is -2.18. The van der Waals surface area contributed by atoms with Gasteiger partial charge >= 0.3 is 6.09 Å². The summed E-state index contributed by atoms with van der Waals surface area (Å²) < 4.78 is 31.0. The number of hydrogen-bond donors (Lipinski definition) is 0. The average molecular weight is 329 g/mol. The van der Waals surface area contributed by atoms with E-state index < -0.39 is 29.7 Å². The molecule has 6 heteroatoms. The highest BCUT2D eigenvalue weighted by Gasteiger charge is 2.37. The molecule has 0 unspecified atom stereocenters. The molecule has 4 nitrogen and oxygen atoms in total. The minimum absolute atomic E-state index is 0.0770. The van der Waals surface area contributed by atoms with E-state index in [1.165, 1.54) is 12.1 Å². The van der Waals surface area contributed by atoms with Crippen LogP contribution in [0.5, 0.6) is 0 Å². The first kappa shape index (κ1) is 15.9. The third-order valence-electron chi connectivity index (χ3n) is 3.66. The standard InChI is InChI=1S/C18H13F2NO3/c19-14-8-6-12(10-15(14)20)7-9-17(22)21-16(11-24-18(21)23)13-4-2-1-3-5-13/h1-10,16H,11H2/b9-7+/t16-/m0/s1. The van der Waals surface area contributed by atoms with Crippen LogP contribution >= 0.6 is 0 Å². The molecule has 1 fully saturated rings. The van der Waals surface area contributed by atoms with Crippen molar-refractivity contribution in [2.24, 2.45) is 0 Å². The smallest absolute Gasteiger partial charge is 0.417 e. The highest BCUT2D eigenvalue weighted by atomic mass is 19.2. The number of cyclic esters (lactones) is 1. The van der Waals surface area contributed by atoms with Crippen molar-refractivity contribution in [3.8, 4) is 0 Å². The van der Waals surface area contributed by atoms with Crippen LogP contribution in [0.3, 0.4) is 0 Å². The second-order valence-electron chi connectivity index (χ2n) is 5.22. The topological polar surface area (TPSA) is 46.6 Å².